The minimum Gasteiger partial charge on any atom is -0.484 e. The van der Waals surface area contributed by atoms with Crippen LogP contribution in [0.25, 0.3) is 0 Å². The van der Waals surface area contributed by atoms with Gasteiger partial charge in [-0.15, -0.1) is 0 Å². The molecular formula is C21H29ClFN3O5. The van der Waals surface area contributed by atoms with Gasteiger partial charge in [0.05, 0.1) is 16.7 Å². The summed E-state index contributed by atoms with van der Waals surface area (Å²) in [4.78, 5) is 24.4. The fraction of sp³-hybridized carbons (Fsp3) is 0.619. The lowest BCUT2D eigenvalue weighted by Crippen LogP contribution is -2.71. The van der Waals surface area contributed by atoms with Gasteiger partial charge in [0.1, 0.15) is 17.2 Å². The van der Waals surface area contributed by atoms with Gasteiger partial charge in [-0.3, -0.25) is 10.2 Å². The van der Waals surface area contributed by atoms with Crippen LogP contribution in [-0.2, 0) is 9.53 Å². The Morgan fingerprint density at radius 3 is 2.52 bits per heavy atom. The molecule has 3 aliphatic carbocycles. The first kappa shape index (κ1) is 23.6. The van der Waals surface area contributed by atoms with Gasteiger partial charge in [0.15, 0.2) is 6.61 Å². The Labute approximate surface area is 185 Å². The highest BCUT2D eigenvalue weighted by atomic mass is 35.5. The number of aliphatic hydroxyl groups excluding tert-OH is 1. The Bertz CT molecular complexity index is 837. The summed E-state index contributed by atoms with van der Waals surface area (Å²) in [7, 11) is 0. The average molecular weight is 458 g/mol. The number of halogens is 2. The summed E-state index contributed by atoms with van der Waals surface area (Å²) in [6.07, 6.45) is 1.39. The van der Waals surface area contributed by atoms with E-state index in [-0.39, 0.29) is 17.4 Å². The van der Waals surface area contributed by atoms with Gasteiger partial charge in [-0.2, -0.15) is 0 Å². The number of hydrogen-bond acceptors (Lipinski definition) is 6. The molecule has 0 radical (unpaired) electrons. The zero-order valence-corrected chi connectivity index (χ0v) is 18.6. The number of hydrazine groups is 1. The van der Waals surface area contributed by atoms with Crippen molar-refractivity contribution in [3.63, 3.8) is 0 Å². The summed E-state index contributed by atoms with van der Waals surface area (Å²) in [6.45, 7) is 5.03. The van der Waals surface area contributed by atoms with Crippen LogP contribution in [0.5, 0.6) is 5.75 Å². The fourth-order valence-corrected chi connectivity index (χ4v) is 4.30. The van der Waals surface area contributed by atoms with Crippen LogP contribution >= 0.6 is 11.6 Å². The summed E-state index contributed by atoms with van der Waals surface area (Å²) >= 11 is 5.64. The van der Waals surface area contributed by atoms with Crippen molar-refractivity contribution in [2.24, 2.45) is 0 Å². The molecule has 0 spiro atoms. The van der Waals surface area contributed by atoms with E-state index >= 15 is 0 Å². The van der Waals surface area contributed by atoms with Crippen LogP contribution in [0.4, 0.5) is 9.18 Å². The molecule has 0 aliphatic heterocycles. The Hall–Kier alpha value is -2.10. The molecule has 1 unspecified atom stereocenters. The fourth-order valence-electron chi connectivity index (χ4n) is 4.18. The molecule has 3 fully saturated rings. The zero-order valence-electron chi connectivity index (χ0n) is 17.9. The van der Waals surface area contributed by atoms with Crippen molar-refractivity contribution in [3.05, 3.63) is 29.0 Å². The Kier molecular flexibility index (Phi) is 6.69. The first-order valence-electron chi connectivity index (χ1n) is 10.3. The summed E-state index contributed by atoms with van der Waals surface area (Å²) in [5, 5.41) is 13.6. The predicted octanol–water partition coefficient (Wildman–Crippen LogP) is 2.82. The first-order chi connectivity index (χ1) is 14.4. The molecule has 0 aromatic heterocycles. The average Bonchev–Trinajstić information content (AvgIpc) is 2.68. The Morgan fingerprint density at radius 2 is 1.94 bits per heavy atom. The SMILES string of the molecule is CC(C)(C)OC(=O)NNC12CCC(NC(=O)COc3ccc(Cl)c(F)c3)(CC1)C(O)C2. The molecule has 0 heterocycles. The van der Waals surface area contributed by atoms with Crippen molar-refractivity contribution < 1.29 is 28.6 Å². The molecule has 31 heavy (non-hydrogen) atoms. The maximum Gasteiger partial charge on any atom is 0.422 e. The molecule has 172 valence electrons. The lowest BCUT2D eigenvalue weighted by molar-refractivity contribution is -0.132. The van der Waals surface area contributed by atoms with E-state index < -0.39 is 40.6 Å². The van der Waals surface area contributed by atoms with Crippen LogP contribution in [0, 0.1) is 5.82 Å². The number of hydrogen-bond donors (Lipinski definition) is 4. The van der Waals surface area contributed by atoms with Crippen molar-refractivity contribution in [1.82, 2.24) is 16.2 Å². The second-order valence-electron chi connectivity index (χ2n) is 9.32. The molecule has 3 saturated carbocycles. The number of nitrogens with one attached hydrogen (secondary N) is 3. The minimum absolute atomic E-state index is 0.0264. The van der Waals surface area contributed by atoms with Crippen LogP contribution in [0.2, 0.25) is 5.02 Å². The third kappa shape index (κ3) is 5.78. The van der Waals surface area contributed by atoms with Gasteiger partial charge in [0.2, 0.25) is 0 Å². The van der Waals surface area contributed by atoms with Crippen molar-refractivity contribution in [2.75, 3.05) is 6.61 Å². The van der Waals surface area contributed by atoms with E-state index in [9.17, 15) is 19.1 Å². The van der Waals surface area contributed by atoms with Crippen LogP contribution in [0.3, 0.4) is 0 Å². The molecule has 4 N–H and O–H groups in total. The number of amides is 2. The van der Waals surface area contributed by atoms with Crippen LogP contribution in [0.1, 0.15) is 52.9 Å². The topological polar surface area (TPSA) is 109 Å². The van der Waals surface area contributed by atoms with E-state index in [4.69, 9.17) is 21.1 Å². The molecule has 8 nitrogen and oxygen atoms in total. The van der Waals surface area contributed by atoms with E-state index in [0.717, 1.165) is 6.07 Å². The van der Waals surface area contributed by atoms with Crippen LogP contribution < -0.4 is 20.9 Å². The normalized spacial score (nSPS) is 27.5. The lowest BCUT2D eigenvalue weighted by Gasteiger charge is -2.56. The lowest BCUT2D eigenvalue weighted by atomic mass is 9.60. The summed E-state index contributed by atoms with van der Waals surface area (Å²) in [5.74, 6) is -0.834. The Balaban J connectivity index is 1.51. The van der Waals surface area contributed by atoms with Gasteiger partial charge >= 0.3 is 6.09 Å². The molecule has 0 saturated heterocycles. The first-order valence-corrected chi connectivity index (χ1v) is 10.6. The van der Waals surface area contributed by atoms with Gasteiger partial charge < -0.3 is 19.9 Å². The molecule has 2 bridgehead atoms. The van der Waals surface area contributed by atoms with E-state index in [1.807, 2.05) is 0 Å². The molecule has 2 amide bonds. The van der Waals surface area contributed by atoms with E-state index in [0.29, 0.717) is 32.1 Å². The number of ether oxygens (including phenoxy) is 2. The van der Waals surface area contributed by atoms with E-state index in [2.05, 4.69) is 16.2 Å². The van der Waals surface area contributed by atoms with Gasteiger partial charge in [0.25, 0.3) is 5.91 Å². The molecule has 1 aromatic carbocycles. The molecular weight excluding hydrogens is 429 g/mol. The number of rotatable bonds is 6. The van der Waals surface area contributed by atoms with Gasteiger partial charge in [-0.1, -0.05) is 11.6 Å². The third-order valence-electron chi connectivity index (χ3n) is 5.80. The summed E-state index contributed by atoms with van der Waals surface area (Å²) < 4.78 is 24.1. The second-order valence-corrected chi connectivity index (χ2v) is 9.73. The highest BCUT2D eigenvalue weighted by Gasteiger charge is 2.55. The number of fused-ring (bicyclic) bond motifs is 3. The smallest absolute Gasteiger partial charge is 0.422 e. The molecule has 1 atom stereocenters. The van der Waals surface area contributed by atoms with Crippen molar-refractivity contribution in [1.29, 1.82) is 0 Å². The van der Waals surface area contributed by atoms with Crippen LogP contribution in [0.15, 0.2) is 18.2 Å². The molecule has 10 heteroatoms. The zero-order chi connectivity index (χ0) is 22.9. The quantitative estimate of drug-likeness (QED) is 0.489. The number of carbonyl (C=O) groups excluding carboxylic acids is 2. The van der Waals surface area contributed by atoms with E-state index in [1.165, 1.54) is 12.1 Å². The third-order valence-corrected chi connectivity index (χ3v) is 6.11. The van der Waals surface area contributed by atoms with Gasteiger partial charge in [-0.25, -0.2) is 14.6 Å². The highest BCUT2D eigenvalue weighted by Crippen LogP contribution is 2.46. The summed E-state index contributed by atoms with van der Waals surface area (Å²) in [5.41, 5.74) is 3.79. The maximum absolute atomic E-state index is 13.5. The summed E-state index contributed by atoms with van der Waals surface area (Å²) in [6, 6.07) is 3.94. The number of carbonyl (C=O) groups is 2. The largest absolute Gasteiger partial charge is 0.484 e. The number of aliphatic hydroxyl groups is 1. The monoisotopic (exact) mass is 457 g/mol. The number of benzene rings is 1. The van der Waals surface area contributed by atoms with Crippen molar-refractivity contribution in [3.8, 4) is 5.75 Å². The highest BCUT2D eigenvalue weighted by molar-refractivity contribution is 6.30. The Morgan fingerprint density at radius 1 is 1.26 bits per heavy atom. The second kappa shape index (κ2) is 8.80. The van der Waals surface area contributed by atoms with Crippen molar-refractivity contribution in [2.45, 2.75) is 75.7 Å². The molecule has 4 rings (SSSR count). The maximum atomic E-state index is 13.5. The van der Waals surface area contributed by atoms with Crippen LogP contribution in [-0.4, -0.2) is 46.5 Å². The molecule has 1 aromatic rings. The predicted molar refractivity (Wildman–Crippen MR) is 112 cm³/mol. The van der Waals surface area contributed by atoms with Crippen molar-refractivity contribution >= 4 is 23.6 Å². The van der Waals surface area contributed by atoms with E-state index in [1.54, 1.807) is 20.8 Å². The van der Waals surface area contributed by atoms with Gasteiger partial charge in [0, 0.05) is 11.6 Å². The standard InChI is InChI=1S/C21H29ClFN3O5/c1-19(2,3)31-18(29)25-26-20-6-8-21(9-7-20,16(27)11-20)24-17(28)12-30-13-4-5-14(22)15(23)10-13/h4-5,10,16,26-27H,6-9,11-12H2,1-3H3,(H,24,28)(H,25,29). The van der Waals surface area contributed by atoms with Gasteiger partial charge in [-0.05, 0) is 65.0 Å². The molecule has 3 aliphatic rings. The minimum atomic E-state index is -0.792.